The summed E-state index contributed by atoms with van der Waals surface area (Å²) in [6.45, 7) is -0.184. The molecular formula is C35H40N2O10S. The average molecular weight is 681 g/mol. The highest BCUT2D eigenvalue weighted by atomic mass is 32.2. The highest BCUT2D eigenvalue weighted by Crippen LogP contribution is 2.36. The molecule has 48 heavy (non-hydrogen) atoms. The molecule has 0 bridgehead atoms. The molecule has 0 aliphatic carbocycles. The molecule has 1 amide bonds. The van der Waals surface area contributed by atoms with E-state index in [1.807, 2.05) is 30.3 Å². The van der Waals surface area contributed by atoms with Crippen molar-refractivity contribution >= 4 is 21.6 Å². The van der Waals surface area contributed by atoms with Crippen molar-refractivity contribution in [1.82, 2.24) is 5.06 Å². The van der Waals surface area contributed by atoms with Crippen LogP contribution >= 0.6 is 0 Å². The average Bonchev–Trinajstić information content (AvgIpc) is 3.12. The van der Waals surface area contributed by atoms with E-state index < -0.39 is 21.7 Å². The van der Waals surface area contributed by atoms with Gasteiger partial charge in [0.05, 0.1) is 59.1 Å². The molecule has 12 nitrogen and oxygen atoms in total. The maximum atomic E-state index is 13.7. The molecular weight excluding hydrogens is 640 g/mol. The first-order chi connectivity index (χ1) is 23.1. The number of methoxy groups -OCH3 is 5. The lowest BCUT2D eigenvalue weighted by Gasteiger charge is -2.25. The van der Waals surface area contributed by atoms with Crippen LogP contribution in [0.25, 0.3) is 0 Å². The Balaban J connectivity index is 1.53. The lowest BCUT2D eigenvalue weighted by atomic mass is 10.1. The third-order valence-corrected chi connectivity index (χ3v) is 9.20. The summed E-state index contributed by atoms with van der Waals surface area (Å²) in [5.74, 6) is 2.50. The van der Waals surface area contributed by atoms with Crippen LogP contribution < -0.4 is 32.7 Å². The van der Waals surface area contributed by atoms with E-state index in [1.165, 1.54) is 35.5 Å². The molecule has 0 unspecified atom stereocenters. The number of amides is 1. The van der Waals surface area contributed by atoms with Gasteiger partial charge < -0.3 is 28.4 Å². The van der Waals surface area contributed by atoms with Gasteiger partial charge in [-0.3, -0.25) is 13.9 Å². The first-order valence-corrected chi connectivity index (χ1v) is 16.5. The maximum absolute atomic E-state index is 13.7. The molecule has 256 valence electrons. The zero-order valence-corrected chi connectivity index (χ0v) is 28.6. The smallest absolute Gasteiger partial charge is 0.247 e. The second kappa shape index (κ2) is 16.6. The van der Waals surface area contributed by atoms with Gasteiger partial charge in [-0.25, -0.2) is 13.5 Å². The quantitative estimate of drug-likeness (QED) is 0.126. The summed E-state index contributed by atoms with van der Waals surface area (Å²) in [5, 5.41) is 1.10. The Hall–Kier alpha value is -5.14. The number of para-hydroxylation sites is 1. The number of carbonyl (C=O) groups is 1. The molecule has 0 radical (unpaired) electrons. The number of sulfonamides is 1. The van der Waals surface area contributed by atoms with Crippen LogP contribution in [0.15, 0.2) is 84.9 Å². The summed E-state index contributed by atoms with van der Waals surface area (Å²) in [6, 6.07) is 24.4. The number of carbonyl (C=O) groups excluding carboxylic acids is 1. The van der Waals surface area contributed by atoms with Crippen LogP contribution in [0.3, 0.4) is 0 Å². The largest absolute Gasteiger partial charge is 0.497 e. The topological polar surface area (TPSA) is 122 Å². The Kier molecular flexibility index (Phi) is 12.4. The standard InChI is InChI=1S/C35H40N2O10S/c1-36(26-13-16-28(17-14-26)47-27-10-8-7-9-11-27)48(39,40)19-18-35(38)37(46-24-25-12-15-29(41-2)20-32(25)43-4)23-31-33(44-5)21-30(42-3)22-34(31)45-6/h7-17,20-22H,18-19,23-24H2,1-6H3. The number of rotatable bonds is 17. The summed E-state index contributed by atoms with van der Waals surface area (Å²) >= 11 is 0. The summed E-state index contributed by atoms with van der Waals surface area (Å²) in [5.41, 5.74) is 1.54. The number of hydrogen-bond donors (Lipinski definition) is 0. The van der Waals surface area contributed by atoms with E-state index in [1.54, 1.807) is 61.7 Å². The van der Waals surface area contributed by atoms with Crippen molar-refractivity contribution in [2.45, 2.75) is 19.6 Å². The number of hydrogen-bond acceptors (Lipinski definition) is 10. The number of hydroxylamine groups is 2. The number of anilines is 1. The van der Waals surface area contributed by atoms with Crippen molar-refractivity contribution in [1.29, 1.82) is 0 Å². The molecule has 4 rings (SSSR count). The Morgan fingerprint density at radius 3 is 1.81 bits per heavy atom. The molecule has 0 heterocycles. The lowest BCUT2D eigenvalue weighted by molar-refractivity contribution is -0.195. The molecule has 0 atom stereocenters. The molecule has 0 aliphatic rings. The molecule has 0 aliphatic heterocycles. The predicted octanol–water partition coefficient (Wildman–Crippen LogP) is 5.84. The van der Waals surface area contributed by atoms with Crippen molar-refractivity contribution in [2.24, 2.45) is 0 Å². The molecule has 0 aromatic heterocycles. The van der Waals surface area contributed by atoms with Gasteiger partial charge in [0, 0.05) is 37.2 Å². The minimum absolute atomic E-state index is 0.0657. The predicted molar refractivity (Wildman–Crippen MR) is 181 cm³/mol. The van der Waals surface area contributed by atoms with Crippen LogP contribution in [0, 0.1) is 0 Å². The zero-order chi connectivity index (χ0) is 34.7. The molecule has 0 fully saturated rings. The van der Waals surface area contributed by atoms with Crippen molar-refractivity contribution in [3.8, 4) is 40.2 Å². The van der Waals surface area contributed by atoms with Crippen LogP contribution in [0.1, 0.15) is 17.5 Å². The number of ether oxygens (including phenoxy) is 6. The third-order valence-electron chi connectivity index (χ3n) is 7.44. The fraction of sp³-hybridized carbons (Fsp3) is 0.286. The normalized spacial score (nSPS) is 11.0. The van der Waals surface area contributed by atoms with Crippen LogP contribution in [-0.2, 0) is 32.8 Å². The molecule has 13 heteroatoms. The maximum Gasteiger partial charge on any atom is 0.247 e. The Morgan fingerprint density at radius 1 is 0.667 bits per heavy atom. The van der Waals surface area contributed by atoms with Gasteiger partial charge >= 0.3 is 0 Å². The van der Waals surface area contributed by atoms with Gasteiger partial charge in [0.25, 0.3) is 0 Å². The van der Waals surface area contributed by atoms with Crippen molar-refractivity contribution in [2.75, 3.05) is 52.7 Å². The minimum Gasteiger partial charge on any atom is -0.497 e. The molecule has 0 N–H and O–H groups in total. The van der Waals surface area contributed by atoms with Crippen molar-refractivity contribution in [3.63, 3.8) is 0 Å². The van der Waals surface area contributed by atoms with Gasteiger partial charge in [0.15, 0.2) is 0 Å². The summed E-state index contributed by atoms with van der Waals surface area (Å²) in [6.07, 6.45) is -0.373. The van der Waals surface area contributed by atoms with E-state index in [9.17, 15) is 13.2 Å². The highest BCUT2D eigenvalue weighted by Gasteiger charge is 2.26. The van der Waals surface area contributed by atoms with E-state index in [0.29, 0.717) is 57.1 Å². The first kappa shape index (κ1) is 35.7. The van der Waals surface area contributed by atoms with E-state index in [2.05, 4.69) is 0 Å². The third kappa shape index (κ3) is 9.02. The number of benzene rings is 4. The lowest BCUT2D eigenvalue weighted by Crippen LogP contribution is -2.35. The van der Waals surface area contributed by atoms with E-state index in [0.717, 1.165) is 9.37 Å². The fourth-order valence-electron chi connectivity index (χ4n) is 4.69. The first-order valence-electron chi connectivity index (χ1n) is 14.8. The fourth-order valence-corrected chi connectivity index (χ4v) is 5.84. The van der Waals surface area contributed by atoms with Crippen LogP contribution in [0.5, 0.6) is 40.2 Å². The SMILES string of the molecule is COc1ccc(CON(Cc2c(OC)cc(OC)cc2OC)C(=O)CCS(=O)(=O)N(C)c2ccc(Oc3ccccc3)cc2)c(OC)c1. The van der Waals surface area contributed by atoms with Crippen molar-refractivity contribution < 1.29 is 46.5 Å². The monoisotopic (exact) mass is 680 g/mol. The van der Waals surface area contributed by atoms with Crippen LogP contribution in [0.4, 0.5) is 5.69 Å². The molecule has 4 aromatic rings. The van der Waals surface area contributed by atoms with Crippen molar-refractivity contribution in [3.05, 3.63) is 96.1 Å². The molecule has 0 saturated heterocycles. The van der Waals surface area contributed by atoms with E-state index in [4.69, 9.17) is 33.3 Å². The van der Waals surface area contributed by atoms with E-state index >= 15 is 0 Å². The molecule has 0 saturated carbocycles. The van der Waals surface area contributed by atoms with Gasteiger partial charge in [-0.15, -0.1) is 0 Å². The summed E-state index contributed by atoms with van der Waals surface area (Å²) in [4.78, 5) is 19.8. The highest BCUT2D eigenvalue weighted by molar-refractivity contribution is 7.92. The minimum atomic E-state index is -3.92. The molecule has 0 spiro atoms. The Labute approximate surface area is 281 Å². The van der Waals surface area contributed by atoms with Crippen LogP contribution in [-0.4, -0.2) is 67.7 Å². The number of nitrogens with zero attached hydrogens (tertiary/aromatic N) is 2. The zero-order valence-electron chi connectivity index (χ0n) is 27.8. The Bertz CT molecular complexity index is 1740. The summed E-state index contributed by atoms with van der Waals surface area (Å²) < 4.78 is 61.0. The van der Waals surface area contributed by atoms with Gasteiger partial charge in [-0.05, 0) is 48.5 Å². The van der Waals surface area contributed by atoms with Gasteiger partial charge in [-0.2, -0.15) is 0 Å². The summed E-state index contributed by atoms with van der Waals surface area (Å²) in [7, 11) is 5.05. The van der Waals surface area contributed by atoms with Gasteiger partial charge in [0.1, 0.15) is 46.9 Å². The van der Waals surface area contributed by atoms with Crippen LogP contribution in [0.2, 0.25) is 0 Å². The van der Waals surface area contributed by atoms with Gasteiger partial charge in [-0.1, -0.05) is 18.2 Å². The van der Waals surface area contributed by atoms with Gasteiger partial charge in [0.2, 0.25) is 15.9 Å². The second-order valence-electron chi connectivity index (χ2n) is 10.3. The Morgan fingerprint density at radius 2 is 1.23 bits per heavy atom. The van der Waals surface area contributed by atoms with E-state index in [-0.39, 0.29) is 19.6 Å². The second-order valence-corrected chi connectivity index (χ2v) is 12.5. The molecule has 4 aromatic carbocycles.